The van der Waals surface area contributed by atoms with E-state index in [9.17, 15) is 36.9 Å². The Morgan fingerprint density at radius 2 is 1.06 bits per heavy atom. The van der Waals surface area contributed by atoms with Crippen molar-refractivity contribution in [2.24, 2.45) is 22.7 Å². The number of ether oxygens (including phenoxy) is 2. The van der Waals surface area contributed by atoms with Crippen LogP contribution < -0.4 is 0 Å². The molecule has 4 aromatic rings. The van der Waals surface area contributed by atoms with Gasteiger partial charge < -0.3 is 9.47 Å². The Morgan fingerprint density at radius 1 is 0.694 bits per heavy atom. The zero-order chi connectivity index (χ0) is 44.8. The van der Waals surface area contributed by atoms with Gasteiger partial charge in [-0.2, -0.15) is 20.7 Å². The van der Waals surface area contributed by atoms with Gasteiger partial charge in [-0.05, 0) is 113 Å². The summed E-state index contributed by atoms with van der Waals surface area (Å²) in [6.45, 7) is 3.82. The predicted octanol–water partition coefficient (Wildman–Crippen LogP) is 7.33. The molecule has 6 atom stereocenters. The molecule has 4 fully saturated rings. The molecule has 0 amide bonds. The van der Waals surface area contributed by atoms with E-state index >= 15 is 0 Å². The summed E-state index contributed by atoms with van der Waals surface area (Å²) in [6.07, 6.45) is 10.1. The van der Waals surface area contributed by atoms with Gasteiger partial charge in [-0.1, -0.05) is 23.2 Å². The first-order valence-electron chi connectivity index (χ1n) is 20.4. The highest BCUT2D eigenvalue weighted by Crippen LogP contribution is 2.51. The van der Waals surface area contributed by atoms with Crippen molar-refractivity contribution in [3.63, 3.8) is 0 Å². The Morgan fingerprint density at radius 3 is 1.34 bits per heavy atom. The summed E-state index contributed by atoms with van der Waals surface area (Å²) in [5, 5.41) is 25.7. The molecule has 0 spiro atoms. The minimum absolute atomic E-state index is 0.0467. The lowest BCUT2D eigenvalue weighted by Gasteiger charge is -2.17. The van der Waals surface area contributed by atoms with E-state index in [1.807, 2.05) is 26.2 Å². The summed E-state index contributed by atoms with van der Waals surface area (Å²) >= 11 is 12.8. The van der Waals surface area contributed by atoms with Gasteiger partial charge in [-0.25, -0.2) is 26.2 Å². The zero-order valence-electron chi connectivity index (χ0n) is 34.8. The van der Waals surface area contributed by atoms with Crippen LogP contribution in [0.5, 0.6) is 0 Å². The van der Waals surface area contributed by atoms with Crippen molar-refractivity contribution in [3.8, 4) is 23.5 Å². The maximum Gasteiger partial charge on any atom is 0.182 e. The SMILES string of the molecule is CO[C@@H]1C[C@H](S(=O)(=O)c2ccc(-n3cc(C)cn3)cc2Cl)C[C@H]1C(=O)CC1(C#N)CC1.CO[C@H]1C[C@H](S(=O)(=O)c2ccc(-n3cc(C)cn3)cc2Cl)C[C@@H]1C(=O)CC1(C#N)CC1. The first-order chi connectivity index (χ1) is 29.4. The van der Waals surface area contributed by atoms with Crippen molar-refractivity contribution in [1.29, 1.82) is 10.5 Å². The number of rotatable bonds is 14. The highest BCUT2D eigenvalue weighted by Gasteiger charge is 2.52. The Kier molecular flexibility index (Phi) is 13.0. The predicted molar refractivity (Wildman–Crippen MR) is 229 cm³/mol. The molecule has 4 aliphatic carbocycles. The van der Waals surface area contributed by atoms with Crippen molar-refractivity contribution >= 4 is 54.4 Å². The molecule has 14 nitrogen and oxygen atoms in total. The number of hydrogen-bond acceptors (Lipinski definition) is 12. The largest absolute Gasteiger partial charge is 0.381 e. The second-order valence-corrected chi connectivity index (χ2v) is 22.5. The van der Waals surface area contributed by atoms with Gasteiger partial charge in [0, 0.05) is 51.3 Å². The Balaban J connectivity index is 0.000000186. The first kappa shape index (κ1) is 45.6. The zero-order valence-corrected chi connectivity index (χ0v) is 38.0. The van der Waals surface area contributed by atoms with Crippen molar-refractivity contribution in [3.05, 3.63) is 82.4 Å². The minimum Gasteiger partial charge on any atom is -0.381 e. The van der Waals surface area contributed by atoms with Crippen LogP contribution in [0.25, 0.3) is 11.4 Å². The van der Waals surface area contributed by atoms with E-state index in [1.54, 1.807) is 46.0 Å². The lowest BCUT2D eigenvalue weighted by atomic mass is 9.91. The van der Waals surface area contributed by atoms with E-state index in [1.165, 1.54) is 26.4 Å². The fraction of sp³-hybridized carbons (Fsp3) is 0.500. The van der Waals surface area contributed by atoms with Crippen LogP contribution in [-0.2, 0) is 38.7 Å². The standard InChI is InChI=1S/2C22H24ClN3O4S/c2*1-14-11-25-26(12-14)15-3-4-21(18(23)7-15)31(28,29)16-8-17(20(9-16)30-2)19(27)10-22(13-24)5-6-22/h2*3-4,7,11-12,16-17,20H,5-6,8-10H2,1-2H3/t16-,17+,20-;16-,17-,20+/m11/s1. The molecule has 4 aliphatic rings. The number of aromatic nitrogens is 4. The van der Waals surface area contributed by atoms with Crippen LogP contribution in [0.15, 0.2) is 71.0 Å². The third kappa shape index (κ3) is 9.28. The number of methoxy groups -OCH3 is 2. The van der Waals surface area contributed by atoms with Crippen LogP contribution in [0, 0.1) is 59.2 Å². The maximum absolute atomic E-state index is 13.4. The van der Waals surface area contributed by atoms with E-state index in [-0.39, 0.29) is 69.9 Å². The van der Waals surface area contributed by atoms with E-state index in [0.29, 0.717) is 11.4 Å². The number of ketones is 2. The van der Waals surface area contributed by atoms with E-state index in [0.717, 1.165) is 36.8 Å². The fourth-order valence-electron chi connectivity index (χ4n) is 8.69. The summed E-state index contributed by atoms with van der Waals surface area (Å²) in [4.78, 5) is 25.8. The van der Waals surface area contributed by atoms with Gasteiger partial charge in [0.2, 0.25) is 0 Å². The molecule has 328 valence electrons. The smallest absolute Gasteiger partial charge is 0.182 e. The molecule has 2 aromatic carbocycles. The minimum atomic E-state index is -3.77. The second kappa shape index (κ2) is 17.6. The fourth-order valence-corrected chi connectivity index (χ4v) is 13.4. The van der Waals surface area contributed by atoms with Crippen LogP contribution in [0.4, 0.5) is 0 Å². The number of benzene rings is 2. The molecule has 0 radical (unpaired) electrons. The van der Waals surface area contributed by atoms with E-state index in [4.69, 9.17) is 32.7 Å². The number of sulfone groups is 2. The van der Waals surface area contributed by atoms with Gasteiger partial charge in [-0.15, -0.1) is 0 Å². The molecule has 62 heavy (non-hydrogen) atoms. The molecular formula is C44H48Cl2N6O8S2. The Bertz CT molecular complexity index is 2510. The van der Waals surface area contributed by atoms with E-state index < -0.39 is 65.0 Å². The third-order valence-electron chi connectivity index (χ3n) is 12.8. The first-order valence-corrected chi connectivity index (χ1v) is 24.3. The Hall–Kier alpha value is -4.42. The van der Waals surface area contributed by atoms with Gasteiger partial charge in [-0.3, -0.25) is 9.59 Å². The van der Waals surface area contributed by atoms with Crippen molar-refractivity contribution in [2.75, 3.05) is 14.2 Å². The molecule has 0 saturated heterocycles. The summed E-state index contributed by atoms with van der Waals surface area (Å²) in [5.74, 6) is -1.22. The monoisotopic (exact) mass is 922 g/mol. The summed E-state index contributed by atoms with van der Waals surface area (Å²) in [7, 11) is -4.55. The van der Waals surface area contributed by atoms with Gasteiger partial charge in [0.1, 0.15) is 11.6 Å². The van der Waals surface area contributed by atoms with Gasteiger partial charge >= 0.3 is 0 Å². The quantitative estimate of drug-likeness (QED) is 0.122. The van der Waals surface area contributed by atoms with Gasteiger partial charge in [0.15, 0.2) is 19.7 Å². The molecule has 18 heteroatoms. The van der Waals surface area contributed by atoms with Crippen LogP contribution in [0.2, 0.25) is 10.0 Å². The summed E-state index contributed by atoms with van der Waals surface area (Å²) < 4.78 is 67.7. The van der Waals surface area contributed by atoms with Crippen LogP contribution in [0.3, 0.4) is 0 Å². The molecule has 0 N–H and O–H groups in total. The number of carbonyl (C=O) groups is 2. The van der Waals surface area contributed by atoms with Gasteiger partial charge in [0.25, 0.3) is 0 Å². The molecule has 8 rings (SSSR count). The molecule has 0 aliphatic heterocycles. The number of nitriles is 2. The molecular weight excluding hydrogens is 876 g/mol. The summed E-state index contributed by atoms with van der Waals surface area (Å²) in [5.41, 5.74) is 2.16. The number of aryl methyl sites for hydroxylation is 2. The number of nitrogens with zero attached hydrogens (tertiary/aromatic N) is 6. The third-order valence-corrected chi connectivity index (χ3v) is 18.1. The summed E-state index contributed by atoms with van der Waals surface area (Å²) in [6, 6.07) is 13.9. The highest BCUT2D eigenvalue weighted by molar-refractivity contribution is 7.92. The maximum atomic E-state index is 13.4. The van der Waals surface area contributed by atoms with Crippen molar-refractivity contribution < 1.29 is 35.9 Å². The number of carbonyl (C=O) groups excluding carboxylic acids is 2. The molecule has 2 aromatic heterocycles. The second-order valence-electron chi connectivity index (χ2n) is 17.3. The van der Waals surface area contributed by atoms with E-state index in [2.05, 4.69) is 22.3 Å². The molecule has 2 heterocycles. The molecule has 0 bridgehead atoms. The van der Waals surface area contributed by atoms with Crippen molar-refractivity contribution in [1.82, 2.24) is 19.6 Å². The topological polar surface area (TPSA) is 204 Å². The van der Waals surface area contributed by atoms with Gasteiger partial charge in [0.05, 0.1) is 89.3 Å². The van der Waals surface area contributed by atoms with Crippen LogP contribution >= 0.6 is 23.2 Å². The normalized spacial score (nSPS) is 24.6. The molecule has 0 unspecified atom stereocenters. The average Bonchev–Trinajstić information content (AvgIpc) is 3.83. The number of Topliss-reactive ketones (excluding diaryl/α,β-unsaturated/α-hetero) is 2. The van der Waals surface area contributed by atoms with Crippen molar-refractivity contribution in [2.45, 2.75) is 111 Å². The number of halogens is 2. The lowest BCUT2D eigenvalue weighted by Crippen LogP contribution is -2.26. The van der Waals surface area contributed by atoms with Crippen LogP contribution in [0.1, 0.15) is 75.3 Å². The number of hydrogen-bond donors (Lipinski definition) is 0. The molecule has 4 saturated carbocycles. The highest BCUT2D eigenvalue weighted by atomic mass is 35.5. The van der Waals surface area contributed by atoms with Crippen LogP contribution in [-0.4, -0.2) is 84.9 Å². The lowest BCUT2D eigenvalue weighted by molar-refractivity contribution is -0.127. The Labute approximate surface area is 371 Å². The average molecular weight is 924 g/mol.